The molecule has 4 heteroatoms. The molecule has 1 aromatic rings. The first-order valence-electron chi connectivity index (χ1n) is 6.46. The van der Waals surface area contributed by atoms with E-state index in [4.69, 9.17) is 9.47 Å². The fourth-order valence-corrected chi connectivity index (χ4v) is 2.29. The number of aryl methyl sites for hydroxylation is 1. The number of hydrogen-bond acceptors (Lipinski definition) is 4. The topological polar surface area (TPSA) is 48.4 Å². The van der Waals surface area contributed by atoms with E-state index < -0.39 is 0 Å². The highest BCUT2D eigenvalue weighted by Gasteiger charge is 2.23. The van der Waals surface area contributed by atoms with Gasteiger partial charge in [0.25, 0.3) is 0 Å². The molecular weight excluding hydrogens is 242 g/mol. The van der Waals surface area contributed by atoms with Gasteiger partial charge >= 0.3 is 0 Å². The Morgan fingerprint density at radius 1 is 1.32 bits per heavy atom. The van der Waals surface area contributed by atoms with Crippen molar-refractivity contribution < 1.29 is 14.3 Å². The Morgan fingerprint density at radius 2 is 1.95 bits per heavy atom. The minimum atomic E-state index is -0.381. The molecule has 0 aromatic carbocycles. The number of aromatic nitrogens is 1. The van der Waals surface area contributed by atoms with Crippen LogP contribution in [0.2, 0.25) is 0 Å². The standard InChI is InChI=1S/C15H23NO3/c1-9(2)14(18-5)13(17)7-12-11(4)15(19-6)10(3)8-16-12/h8-9,14H,7H2,1-6H3. The first-order chi connectivity index (χ1) is 8.92. The molecule has 0 bridgehead atoms. The molecule has 1 rings (SSSR count). The molecule has 1 heterocycles. The van der Waals surface area contributed by atoms with Crippen molar-refractivity contribution in [2.45, 2.75) is 40.2 Å². The van der Waals surface area contributed by atoms with Gasteiger partial charge < -0.3 is 9.47 Å². The van der Waals surface area contributed by atoms with E-state index in [0.29, 0.717) is 0 Å². The van der Waals surface area contributed by atoms with Gasteiger partial charge in [-0.1, -0.05) is 13.8 Å². The van der Waals surface area contributed by atoms with Crippen LogP contribution in [-0.4, -0.2) is 31.1 Å². The Bertz CT molecular complexity index is 455. The summed E-state index contributed by atoms with van der Waals surface area (Å²) in [6.07, 6.45) is 1.64. The van der Waals surface area contributed by atoms with Crippen molar-refractivity contribution >= 4 is 5.78 Å². The molecular formula is C15H23NO3. The largest absolute Gasteiger partial charge is 0.496 e. The molecule has 0 N–H and O–H groups in total. The van der Waals surface area contributed by atoms with Gasteiger partial charge in [0.05, 0.1) is 19.2 Å². The van der Waals surface area contributed by atoms with E-state index in [2.05, 4.69) is 4.98 Å². The van der Waals surface area contributed by atoms with Crippen LogP contribution in [0.5, 0.6) is 5.75 Å². The van der Waals surface area contributed by atoms with Crippen molar-refractivity contribution in [2.75, 3.05) is 14.2 Å². The summed E-state index contributed by atoms with van der Waals surface area (Å²) in [5.74, 6) is 1.01. The van der Waals surface area contributed by atoms with E-state index in [1.165, 1.54) is 0 Å². The van der Waals surface area contributed by atoms with E-state index in [1.54, 1.807) is 20.4 Å². The molecule has 0 saturated heterocycles. The minimum absolute atomic E-state index is 0.0546. The quantitative estimate of drug-likeness (QED) is 0.793. The van der Waals surface area contributed by atoms with Crippen LogP contribution in [0.3, 0.4) is 0 Å². The summed E-state index contributed by atoms with van der Waals surface area (Å²) in [7, 11) is 3.20. The number of carbonyl (C=O) groups is 1. The minimum Gasteiger partial charge on any atom is -0.496 e. The number of ketones is 1. The molecule has 1 atom stereocenters. The fourth-order valence-electron chi connectivity index (χ4n) is 2.29. The molecule has 0 amide bonds. The molecule has 4 nitrogen and oxygen atoms in total. The maximum atomic E-state index is 12.2. The lowest BCUT2D eigenvalue weighted by molar-refractivity contribution is -0.130. The van der Waals surface area contributed by atoms with Crippen LogP contribution < -0.4 is 4.74 Å². The predicted octanol–water partition coefficient (Wildman–Crippen LogP) is 2.49. The van der Waals surface area contributed by atoms with Gasteiger partial charge in [0.1, 0.15) is 11.9 Å². The van der Waals surface area contributed by atoms with Crippen LogP contribution in [0.15, 0.2) is 6.20 Å². The third kappa shape index (κ3) is 3.53. The molecule has 0 fully saturated rings. The van der Waals surface area contributed by atoms with E-state index in [-0.39, 0.29) is 24.2 Å². The van der Waals surface area contributed by atoms with Crippen molar-refractivity contribution in [3.63, 3.8) is 0 Å². The summed E-state index contributed by atoms with van der Waals surface area (Å²) >= 11 is 0. The summed E-state index contributed by atoms with van der Waals surface area (Å²) < 4.78 is 10.6. The Labute approximate surface area is 115 Å². The van der Waals surface area contributed by atoms with Gasteiger partial charge in [0.15, 0.2) is 5.78 Å². The summed E-state index contributed by atoms with van der Waals surface area (Å²) in [6, 6.07) is 0. The number of pyridine rings is 1. The molecule has 19 heavy (non-hydrogen) atoms. The Morgan fingerprint density at radius 3 is 2.42 bits per heavy atom. The smallest absolute Gasteiger partial charge is 0.167 e. The summed E-state index contributed by atoms with van der Waals surface area (Å²) in [5.41, 5.74) is 2.66. The molecule has 0 aliphatic heterocycles. The van der Waals surface area contributed by atoms with Crippen molar-refractivity contribution in [3.05, 3.63) is 23.0 Å². The number of Topliss-reactive ketones (excluding diaryl/α,β-unsaturated/α-hetero) is 1. The lowest BCUT2D eigenvalue weighted by Gasteiger charge is -2.18. The van der Waals surface area contributed by atoms with Crippen LogP contribution >= 0.6 is 0 Å². The van der Waals surface area contributed by atoms with Crippen LogP contribution in [-0.2, 0) is 16.0 Å². The lowest BCUT2D eigenvalue weighted by Crippen LogP contribution is -2.30. The molecule has 1 unspecified atom stereocenters. The Hall–Kier alpha value is -1.42. The molecule has 1 aromatic heterocycles. The van der Waals surface area contributed by atoms with Crippen LogP contribution in [0.1, 0.15) is 30.7 Å². The summed E-state index contributed by atoms with van der Waals surface area (Å²) in [6.45, 7) is 7.82. The second-order valence-corrected chi connectivity index (χ2v) is 5.09. The van der Waals surface area contributed by atoms with E-state index in [1.807, 2.05) is 27.7 Å². The zero-order valence-corrected chi connectivity index (χ0v) is 12.6. The third-order valence-electron chi connectivity index (χ3n) is 3.27. The average Bonchev–Trinajstić information content (AvgIpc) is 2.34. The van der Waals surface area contributed by atoms with E-state index in [9.17, 15) is 4.79 Å². The van der Waals surface area contributed by atoms with Crippen molar-refractivity contribution in [1.29, 1.82) is 0 Å². The zero-order chi connectivity index (χ0) is 14.6. The van der Waals surface area contributed by atoms with Gasteiger partial charge in [-0.2, -0.15) is 0 Å². The molecule has 0 spiro atoms. The van der Waals surface area contributed by atoms with Crippen LogP contribution in [0.4, 0.5) is 0 Å². The van der Waals surface area contributed by atoms with Crippen molar-refractivity contribution in [2.24, 2.45) is 5.92 Å². The van der Waals surface area contributed by atoms with Gasteiger partial charge in [-0.15, -0.1) is 0 Å². The van der Waals surface area contributed by atoms with Crippen molar-refractivity contribution in [3.8, 4) is 5.75 Å². The highest BCUT2D eigenvalue weighted by atomic mass is 16.5. The number of nitrogens with zero attached hydrogens (tertiary/aromatic N) is 1. The van der Waals surface area contributed by atoms with Crippen LogP contribution in [0.25, 0.3) is 0 Å². The summed E-state index contributed by atoms with van der Waals surface area (Å²) in [5, 5.41) is 0. The highest BCUT2D eigenvalue weighted by molar-refractivity contribution is 5.85. The fraction of sp³-hybridized carbons (Fsp3) is 0.600. The van der Waals surface area contributed by atoms with Gasteiger partial charge in [0, 0.05) is 24.4 Å². The van der Waals surface area contributed by atoms with Crippen molar-refractivity contribution in [1.82, 2.24) is 4.98 Å². The summed E-state index contributed by atoms with van der Waals surface area (Å²) in [4.78, 5) is 16.6. The second kappa shape index (κ2) is 6.66. The first-order valence-corrected chi connectivity index (χ1v) is 6.46. The molecule has 0 aliphatic carbocycles. The number of methoxy groups -OCH3 is 2. The van der Waals surface area contributed by atoms with Gasteiger partial charge in [0.2, 0.25) is 0 Å². The van der Waals surface area contributed by atoms with Gasteiger partial charge in [-0.25, -0.2) is 0 Å². The maximum Gasteiger partial charge on any atom is 0.167 e. The van der Waals surface area contributed by atoms with Gasteiger partial charge in [-0.3, -0.25) is 9.78 Å². The highest BCUT2D eigenvalue weighted by Crippen LogP contribution is 2.24. The van der Waals surface area contributed by atoms with E-state index >= 15 is 0 Å². The number of rotatable bonds is 6. The molecule has 0 radical (unpaired) electrons. The molecule has 0 saturated carbocycles. The average molecular weight is 265 g/mol. The Kier molecular flexibility index (Phi) is 5.48. The maximum absolute atomic E-state index is 12.2. The number of hydrogen-bond donors (Lipinski definition) is 0. The normalized spacial score (nSPS) is 12.6. The van der Waals surface area contributed by atoms with Crippen LogP contribution in [0, 0.1) is 19.8 Å². The molecule has 106 valence electrons. The SMILES string of the molecule is COc1c(C)cnc(CC(=O)C(OC)C(C)C)c1C. The number of ether oxygens (including phenoxy) is 2. The first kappa shape index (κ1) is 15.6. The van der Waals surface area contributed by atoms with Gasteiger partial charge in [-0.05, 0) is 19.8 Å². The predicted molar refractivity (Wildman–Crippen MR) is 74.6 cm³/mol. The number of carbonyl (C=O) groups excluding carboxylic acids is 1. The Balaban J connectivity index is 2.97. The zero-order valence-electron chi connectivity index (χ0n) is 12.6. The molecule has 0 aliphatic rings. The lowest BCUT2D eigenvalue weighted by atomic mass is 9.98. The third-order valence-corrected chi connectivity index (χ3v) is 3.27. The monoisotopic (exact) mass is 265 g/mol. The van der Waals surface area contributed by atoms with E-state index in [0.717, 1.165) is 22.6 Å². The second-order valence-electron chi connectivity index (χ2n) is 5.09.